The number of carbonyl (C=O) groups is 1. The Balaban J connectivity index is 1.68. The number of likely N-dealkylation sites (tertiary alicyclic amines) is 1. The van der Waals surface area contributed by atoms with Gasteiger partial charge in [0.1, 0.15) is 5.82 Å². The molecule has 3 N–H and O–H groups in total. The molecular formula is C17H26FN3O2. The number of anilines is 1. The van der Waals surface area contributed by atoms with E-state index in [9.17, 15) is 14.3 Å². The van der Waals surface area contributed by atoms with Gasteiger partial charge in [0.25, 0.3) is 0 Å². The van der Waals surface area contributed by atoms with Gasteiger partial charge >= 0.3 is 6.03 Å². The van der Waals surface area contributed by atoms with Crippen LogP contribution in [0, 0.1) is 12.7 Å². The maximum atomic E-state index is 13.0. The van der Waals surface area contributed by atoms with E-state index >= 15 is 0 Å². The second-order valence-electron chi connectivity index (χ2n) is 6.06. The Morgan fingerprint density at radius 3 is 3.00 bits per heavy atom. The molecule has 128 valence electrons. The Hall–Kier alpha value is -1.66. The lowest BCUT2D eigenvalue weighted by molar-refractivity contribution is 0.0894. The van der Waals surface area contributed by atoms with Crippen molar-refractivity contribution in [2.45, 2.75) is 38.6 Å². The number of rotatable bonds is 6. The molecule has 1 aromatic rings. The van der Waals surface area contributed by atoms with Crippen molar-refractivity contribution in [2.24, 2.45) is 0 Å². The Bertz CT molecular complexity index is 525. The summed E-state index contributed by atoms with van der Waals surface area (Å²) in [6.07, 6.45) is 4.24. The van der Waals surface area contributed by atoms with Gasteiger partial charge in [-0.3, -0.25) is 4.90 Å². The molecule has 0 unspecified atom stereocenters. The van der Waals surface area contributed by atoms with Gasteiger partial charge in [-0.2, -0.15) is 0 Å². The molecule has 0 aliphatic carbocycles. The molecule has 1 saturated heterocycles. The van der Waals surface area contributed by atoms with E-state index in [1.165, 1.54) is 25.0 Å². The lowest BCUT2D eigenvalue weighted by Gasteiger charge is -2.34. The number of aryl methyl sites for hydroxylation is 1. The van der Waals surface area contributed by atoms with Crippen LogP contribution in [0.2, 0.25) is 0 Å². The van der Waals surface area contributed by atoms with Crippen LogP contribution < -0.4 is 10.6 Å². The number of benzene rings is 1. The van der Waals surface area contributed by atoms with Crippen molar-refractivity contribution in [3.05, 3.63) is 29.6 Å². The van der Waals surface area contributed by atoms with Gasteiger partial charge in [0.05, 0.1) is 6.61 Å². The SMILES string of the molecule is Cc1cc(F)ccc1NC(=O)NCCCN1CCCC[C@H]1CO. The molecule has 23 heavy (non-hydrogen) atoms. The Morgan fingerprint density at radius 2 is 2.26 bits per heavy atom. The first-order chi connectivity index (χ1) is 11.1. The fraction of sp³-hybridized carbons (Fsp3) is 0.588. The van der Waals surface area contributed by atoms with Crippen LogP contribution >= 0.6 is 0 Å². The molecule has 1 atom stereocenters. The molecule has 1 heterocycles. The summed E-state index contributed by atoms with van der Waals surface area (Å²) in [5.74, 6) is -0.312. The quantitative estimate of drug-likeness (QED) is 0.705. The molecule has 1 aliphatic heterocycles. The van der Waals surface area contributed by atoms with Crippen LogP contribution in [-0.2, 0) is 0 Å². The van der Waals surface area contributed by atoms with Gasteiger partial charge in [-0.15, -0.1) is 0 Å². The van der Waals surface area contributed by atoms with Crippen molar-refractivity contribution in [2.75, 3.05) is 31.6 Å². The van der Waals surface area contributed by atoms with Crippen LogP contribution in [0.1, 0.15) is 31.2 Å². The number of nitrogens with one attached hydrogen (secondary N) is 2. The number of urea groups is 1. The van der Waals surface area contributed by atoms with Gasteiger partial charge in [0.2, 0.25) is 0 Å². The largest absolute Gasteiger partial charge is 0.395 e. The van der Waals surface area contributed by atoms with Gasteiger partial charge < -0.3 is 15.7 Å². The molecule has 6 heteroatoms. The fourth-order valence-corrected chi connectivity index (χ4v) is 2.98. The molecule has 0 saturated carbocycles. The van der Waals surface area contributed by atoms with Crippen LogP contribution in [0.4, 0.5) is 14.9 Å². The zero-order valence-electron chi connectivity index (χ0n) is 13.6. The molecule has 0 aromatic heterocycles. The summed E-state index contributed by atoms with van der Waals surface area (Å²) in [6.45, 7) is 4.43. The van der Waals surface area contributed by atoms with Gasteiger partial charge in [0.15, 0.2) is 0 Å². The lowest BCUT2D eigenvalue weighted by atomic mass is 10.0. The number of piperidine rings is 1. The van der Waals surface area contributed by atoms with Crippen LogP contribution in [0.25, 0.3) is 0 Å². The number of aliphatic hydroxyl groups is 1. The fourth-order valence-electron chi connectivity index (χ4n) is 2.98. The van der Waals surface area contributed by atoms with Crippen LogP contribution in [0.15, 0.2) is 18.2 Å². The van der Waals surface area contributed by atoms with E-state index in [1.54, 1.807) is 13.0 Å². The first-order valence-electron chi connectivity index (χ1n) is 8.26. The number of nitrogens with zero attached hydrogens (tertiary/aromatic N) is 1. The standard InChI is InChI=1S/C17H26FN3O2/c1-13-11-14(18)6-7-16(13)20-17(23)19-8-4-10-21-9-3-2-5-15(21)12-22/h6-7,11,15,22H,2-5,8-10,12H2,1H3,(H2,19,20,23)/t15-/m0/s1. The first-order valence-corrected chi connectivity index (χ1v) is 8.26. The minimum absolute atomic E-state index is 0.206. The molecule has 5 nitrogen and oxygen atoms in total. The van der Waals surface area contributed by atoms with E-state index in [2.05, 4.69) is 15.5 Å². The van der Waals surface area contributed by atoms with Crippen LogP contribution in [0.5, 0.6) is 0 Å². The molecule has 1 aromatic carbocycles. The molecule has 1 fully saturated rings. The predicted molar refractivity (Wildman–Crippen MR) is 89.1 cm³/mol. The highest BCUT2D eigenvalue weighted by Gasteiger charge is 2.20. The van der Waals surface area contributed by atoms with Crippen molar-refractivity contribution >= 4 is 11.7 Å². The number of halogens is 1. The topological polar surface area (TPSA) is 64.6 Å². The van der Waals surface area contributed by atoms with Crippen molar-refractivity contribution in [3.63, 3.8) is 0 Å². The Morgan fingerprint density at radius 1 is 1.43 bits per heavy atom. The molecule has 0 bridgehead atoms. The predicted octanol–water partition coefficient (Wildman–Crippen LogP) is 2.49. The third-order valence-electron chi connectivity index (χ3n) is 4.30. The lowest BCUT2D eigenvalue weighted by Crippen LogP contribution is -2.43. The minimum Gasteiger partial charge on any atom is -0.395 e. The second kappa shape index (κ2) is 8.84. The minimum atomic E-state index is -0.312. The highest BCUT2D eigenvalue weighted by molar-refractivity contribution is 5.89. The molecule has 2 rings (SSSR count). The third kappa shape index (κ3) is 5.48. The summed E-state index contributed by atoms with van der Waals surface area (Å²) >= 11 is 0. The van der Waals surface area contributed by atoms with E-state index in [0.29, 0.717) is 17.8 Å². The van der Waals surface area contributed by atoms with Gasteiger partial charge in [-0.1, -0.05) is 6.42 Å². The maximum absolute atomic E-state index is 13.0. The third-order valence-corrected chi connectivity index (χ3v) is 4.30. The Labute approximate surface area is 136 Å². The van der Waals surface area contributed by atoms with Gasteiger partial charge in [0, 0.05) is 24.8 Å². The highest BCUT2D eigenvalue weighted by Crippen LogP contribution is 2.17. The summed E-state index contributed by atoms with van der Waals surface area (Å²) in [4.78, 5) is 14.2. The van der Waals surface area contributed by atoms with Crippen molar-refractivity contribution < 1.29 is 14.3 Å². The van der Waals surface area contributed by atoms with Gasteiger partial charge in [-0.25, -0.2) is 9.18 Å². The summed E-state index contributed by atoms with van der Waals surface area (Å²) in [7, 11) is 0. The van der Waals surface area contributed by atoms with E-state index in [-0.39, 0.29) is 24.5 Å². The summed E-state index contributed by atoms with van der Waals surface area (Å²) in [5.41, 5.74) is 1.31. The van der Waals surface area contributed by atoms with Crippen molar-refractivity contribution in [3.8, 4) is 0 Å². The summed E-state index contributed by atoms with van der Waals surface area (Å²) in [5, 5.41) is 14.9. The zero-order chi connectivity index (χ0) is 16.7. The summed E-state index contributed by atoms with van der Waals surface area (Å²) < 4.78 is 13.0. The summed E-state index contributed by atoms with van der Waals surface area (Å²) in [6, 6.07) is 4.26. The number of carbonyl (C=O) groups excluding carboxylic acids is 1. The monoisotopic (exact) mass is 323 g/mol. The van der Waals surface area contributed by atoms with Gasteiger partial charge in [-0.05, 0) is 56.5 Å². The Kier molecular flexibility index (Phi) is 6.80. The number of aliphatic hydroxyl groups excluding tert-OH is 1. The van der Waals surface area contributed by atoms with Crippen molar-refractivity contribution in [1.82, 2.24) is 10.2 Å². The van der Waals surface area contributed by atoms with Crippen LogP contribution in [-0.4, -0.2) is 48.3 Å². The molecular weight excluding hydrogens is 297 g/mol. The van der Waals surface area contributed by atoms with E-state index < -0.39 is 0 Å². The van der Waals surface area contributed by atoms with Crippen LogP contribution in [0.3, 0.4) is 0 Å². The second-order valence-corrected chi connectivity index (χ2v) is 6.06. The number of amides is 2. The normalized spacial score (nSPS) is 18.7. The molecule has 0 spiro atoms. The zero-order valence-corrected chi connectivity index (χ0v) is 13.6. The van der Waals surface area contributed by atoms with Crippen molar-refractivity contribution in [1.29, 1.82) is 0 Å². The average Bonchev–Trinajstić information content (AvgIpc) is 2.54. The number of hydrogen-bond donors (Lipinski definition) is 3. The van der Waals surface area contributed by atoms with E-state index in [0.717, 1.165) is 25.9 Å². The molecule has 1 aliphatic rings. The first kappa shape index (κ1) is 17.7. The molecule has 2 amide bonds. The molecule has 0 radical (unpaired) electrons. The average molecular weight is 323 g/mol. The highest BCUT2D eigenvalue weighted by atomic mass is 19.1. The smallest absolute Gasteiger partial charge is 0.319 e. The number of hydrogen-bond acceptors (Lipinski definition) is 3. The maximum Gasteiger partial charge on any atom is 0.319 e. The van der Waals surface area contributed by atoms with E-state index in [1.807, 2.05) is 0 Å². The van der Waals surface area contributed by atoms with E-state index in [4.69, 9.17) is 0 Å².